The number of piperidine rings is 1. The maximum Gasteiger partial charge on any atom is 0.254 e. The fourth-order valence-corrected chi connectivity index (χ4v) is 4.10. The van der Waals surface area contributed by atoms with Gasteiger partial charge in [0.15, 0.2) is 0 Å². The summed E-state index contributed by atoms with van der Waals surface area (Å²) >= 11 is 1.65. The third-order valence-corrected chi connectivity index (χ3v) is 5.60. The van der Waals surface area contributed by atoms with Crippen molar-refractivity contribution in [2.45, 2.75) is 43.4 Å². The Balaban J connectivity index is 1.74. The number of likely N-dealkylation sites (tertiary alicyclic amines) is 1. The smallest absolute Gasteiger partial charge is 0.254 e. The van der Waals surface area contributed by atoms with E-state index in [1.807, 2.05) is 43.0 Å². The lowest BCUT2D eigenvalue weighted by molar-refractivity contribution is 0.0711. The van der Waals surface area contributed by atoms with Crippen LogP contribution in [0.5, 0.6) is 0 Å². The molecule has 1 amide bonds. The fraction of sp³-hybridized carbons (Fsp3) is 0.444. The number of nitrogens with two attached hydrogens (primary N) is 1. The van der Waals surface area contributed by atoms with Gasteiger partial charge in [-0.25, -0.2) is 0 Å². The second-order valence-electron chi connectivity index (χ2n) is 6.22. The lowest BCUT2D eigenvalue weighted by atomic mass is 10.0. The van der Waals surface area contributed by atoms with E-state index < -0.39 is 0 Å². The summed E-state index contributed by atoms with van der Waals surface area (Å²) in [5.74, 6) is 1.69. The Bertz CT molecular complexity index is 701. The lowest BCUT2D eigenvalue weighted by Gasteiger charge is -2.30. The summed E-state index contributed by atoms with van der Waals surface area (Å²) in [6.07, 6.45) is 1.75. The van der Waals surface area contributed by atoms with Gasteiger partial charge < -0.3 is 15.2 Å². The molecule has 0 saturated carbocycles. The fourth-order valence-electron chi connectivity index (χ4n) is 2.90. The third kappa shape index (κ3) is 3.65. The van der Waals surface area contributed by atoms with Crippen molar-refractivity contribution in [2.24, 2.45) is 5.73 Å². The van der Waals surface area contributed by atoms with Crippen LogP contribution in [0.2, 0.25) is 0 Å². The number of rotatable bonds is 4. The number of thioether (sulfide) groups is 1. The first-order valence-corrected chi connectivity index (χ1v) is 9.23. The molecule has 3 rings (SSSR count). The first-order valence-electron chi connectivity index (χ1n) is 8.24. The molecular formula is C18H23N3O2S. The van der Waals surface area contributed by atoms with Crippen LogP contribution in [0.4, 0.5) is 0 Å². The van der Waals surface area contributed by atoms with E-state index in [4.69, 9.17) is 10.3 Å². The van der Waals surface area contributed by atoms with Gasteiger partial charge >= 0.3 is 0 Å². The Morgan fingerprint density at radius 2 is 2.04 bits per heavy atom. The molecule has 2 heterocycles. The Labute approximate surface area is 146 Å². The second-order valence-corrected chi connectivity index (χ2v) is 7.23. The maximum atomic E-state index is 12.9. The van der Waals surface area contributed by atoms with Gasteiger partial charge in [-0.3, -0.25) is 4.79 Å². The highest BCUT2D eigenvalue weighted by Crippen LogP contribution is 2.29. The van der Waals surface area contributed by atoms with Crippen molar-refractivity contribution >= 4 is 17.7 Å². The molecular weight excluding hydrogens is 322 g/mol. The monoisotopic (exact) mass is 345 g/mol. The molecule has 1 aromatic heterocycles. The largest absolute Gasteiger partial charge is 0.361 e. The number of hydrogen-bond donors (Lipinski definition) is 1. The first kappa shape index (κ1) is 17.0. The molecule has 1 saturated heterocycles. The molecule has 0 atom stereocenters. The van der Waals surface area contributed by atoms with Crippen LogP contribution in [-0.4, -0.2) is 35.1 Å². The summed E-state index contributed by atoms with van der Waals surface area (Å²) in [5.41, 5.74) is 8.72. The van der Waals surface area contributed by atoms with E-state index in [0.29, 0.717) is 0 Å². The van der Waals surface area contributed by atoms with E-state index in [-0.39, 0.29) is 11.9 Å². The van der Waals surface area contributed by atoms with E-state index in [1.165, 1.54) is 0 Å². The standard InChI is InChI=1S/C18H23N3O2S/c1-12-16(13(2)23-20-12)11-24-17-6-4-3-5-15(17)18(22)21-9-7-14(19)8-10-21/h3-6,14H,7-11,19H2,1-2H3. The highest BCUT2D eigenvalue weighted by atomic mass is 32.2. The zero-order valence-electron chi connectivity index (χ0n) is 14.1. The molecule has 0 radical (unpaired) electrons. The predicted molar refractivity (Wildman–Crippen MR) is 95.1 cm³/mol. The molecule has 2 N–H and O–H groups in total. The van der Waals surface area contributed by atoms with Crippen molar-refractivity contribution in [1.29, 1.82) is 0 Å². The summed E-state index contributed by atoms with van der Waals surface area (Å²) in [6, 6.07) is 8.03. The number of benzene rings is 1. The molecule has 24 heavy (non-hydrogen) atoms. The highest BCUT2D eigenvalue weighted by Gasteiger charge is 2.23. The summed E-state index contributed by atoms with van der Waals surface area (Å²) in [4.78, 5) is 15.8. The number of carbonyl (C=O) groups is 1. The van der Waals surface area contributed by atoms with Crippen molar-refractivity contribution in [2.75, 3.05) is 13.1 Å². The number of amides is 1. The molecule has 5 nitrogen and oxygen atoms in total. The molecule has 1 aliphatic rings. The SMILES string of the molecule is Cc1noc(C)c1CSc1ccccc1C(=O)N1CCC(N)CC1. The molecule has 1 aromatic carbocycles. The Kier molecular flexibility index (Phi) is 5.26. The van der Waals surface area contributed by atoms with Gasteiger partial charge in [0.25, 0.3) is 5.91 Å². The van der Waals surface area contributed by atoms with Crippen molar-refractivity contribution in [1.82, 2.24) is 10.1 Å². The van der Waals surface area contributed by atoms with Crippen molar-refractivity contribution < 1.29 is 9.32 Å². The minimum atomic E-state index is 0.101. The quantitative estimate of drug-likeness (QED) is 0.862. The van der Waals surface area contributed by atoms with Crippen LogP contribution in [0.15, 0.2) is 33.7 Å². The van der Waals surface area contributed by atoms with Gasteiger partial charge in [-0.15, -0.1) is 11.8 Å². The van der Waals surface area contributed by atoms with Crippen LogP contribution < -0.4 is 5.73 Å². The molecule has 128 valence electrons. The van der Waals surface area contributed by atoms with Crippen LogP contribution >= 0.6 is 11.8 Å². The number of aromatic nitrogens is 1. The van der Waals surface area contributed by atoms with Crippen LogP contribution in [0.1, 0.15) is 40.2 Å². The lowest BCUT2D eigenvalue weighted by Crippen LogP contribution is -2.43. The molecule has 1 fully saturated rings. The van der Waals surface area contributed by atoms with Crippen molar-refractivity contribution in [3.05, 3.63) is 46.8 Å². The molecule has 0 aliphatic carbocycles. The number of aryl methyl sites for hydroxylation is 2. The normalized spacial score (nSPS) is 15.7. The second kappa shape index (κ2) is 7.40. The van der Waals surface area contributed by atoms with Crippen molar-refractivity contribution in [3.63, 3.8) is 0 Å². The first-order chi connectivity index (χ1) is 11.6. The van der Waals surface area contributed by atoms with Crippen LogP contribution in [0.25, 0.3) is 0 Å². The van der Waals surface area contributed by atoms with Crippen LogP contribution in [0, 0.1) is 13.8 Å². The Hall–Kier alpha value is -1.79. The summed E-state index contributed by atoms with van der Waals surface area (Å²) < 4.78 is 5.22. The number of hydrogen-bond acceptors (Lipinski definition) is 5. The highest BCUT2D eigenvalue weighted by molar-refractivity contribution is 7.98. The van der Waals surface area contributed by atoms with Gasteiger partial charge in [-0.05, 0) is 38.8 Å². The zero-order chi connectivity index (χ0) is 17.1. The van der Waals surface area contributed by atoms with E-state index in [0.717, 1.165) is 59.2 Å². The van der Waals surface area contributed by atoms with Gasteiger partial charge in [0, 0.05) is 35.3 Å². The average Bonchev–Trinajstić information content (AvgIpc) is 2.91. The summed E-state index contributed by atoms with van der Waals surface area (Å²) in [7, 11) is 0. The van der Waals surface area contributed by atoms with E-state index in [9.17, 15) is 4.79 Å². The van der Waals surface area contributed by atoms with Gasteiger partial charge in [0.05, 0.1) is 11.3 Å². The van der Waals surface area contributed by atoms with Crippen LogP contribution in [-0.2, 0) is 5.75 Å². The Morgan fingerprint density at radius 3 is 2.71 bits per heavy atom. The summed E-state index contributed by atoms with van der Waals surface area (Å²) in [6.45, 7) is 5.34. The Morgan fingerprint density at radius 1 is 1.33 bits per heavy atom. The molecule has 0 bridgehead atoms. The molecule has 2 aromatic rings. The third-order valence-electron chi connectivity index (χ3n) is 4.50. The van der Waals surface area contributed by atoms with Gasteiger partial charge in [0.2, 0.25) is 0 Å². The van der Waals surface area contributed by atoms with Gasteiger partial charge in [-0.1, -0.05) is 17.3 Å². The topological polar surface area (TPSA) is 72.4 Å². The van der Waals surface area contributed by atoms with Gasteiger partial charge in [-0.2, -0.15) is 0 Å². The van der Waals surface area contributed by atoms with E-state index >= 15 is 0 Å². The zero-order valence-corrected chi connectivity index (χ0v) is 14.9. The predicted octanol–water partition coefficient (Wildman–Crippen LogP) is 3.15. The minimum absolute atomic E-state index is 0.101. The van der Waals surface area contributed by atoms with E-state index in [1.54, 1.807) is 11.8 Å². The van der Waals surface area contributed by atoms with Crippen LogP contribution in [0.3, 0.4) is 0 Å². The average molecular weight is 345 g/mol. The molecule has 6 heteroatoms. The number of carbonyl (C=O) groups excluding carboxylic acids is 1. The van der Waals surface area contributed by atoms with Crippen molar-refractivity contribution in [3.8, 4) is 0 Å². The summed E-state index contributed by atoms with van der Waals surface area (Å²) in [5, 5.41) is 3.99. The van der Waals surface area contributed by atoms with Gasteiger partial charge in [0.1, 0.15) is 5.76 Å². The maximum absolute atomic E-state index is 12.9. The minimum Gasteiger partial charge on any atom is -0.361 e. The number of nitrogens with zero attached hydrogens (tertiary/aromatic N) is 2. The molecule has 1 aliphatic heterocycles. The van der Waals surface area contributed by atoms with E-state index in [2.05, 4.69) is 5.16 Å². The molecule has 0 spiro atoms. The molecule has 0 unspecified atom stereocenters.